The van der Waals surface area contributed by atoms with Gasteiger partial charge in [0.25, 0.3) is 0 Å². The maximum Gasteiger partial charge on any atom is 0.123 e. The number of nitrogens with zero attached hydrogens (tertiary/aromatic N) is 1. The molecule has 0 saturated carbocycles. The van der Waals surface area contributed by atoms with Crippen LogP contribution in [-0.2, 0) is 6.54 Å². The highest BCUT2D eigenvalue weighted by molar-refractivity contribution is 9.10. The summed E-state index contributed by atoms with van der Waals surface area (Å²) in [7, 11) is 1.75. The Morgan fingerprint density at radius 3 is 2.95 bits per heavy atom. The van der Waals surface area contributed by atoms with Crippen LogP contribution in [0.15, 0.2) is 22.7 Å². The fourth-order valence-electron chi connectivity index (χ4n) is 3.37. The summed E-state index contributed by atoms with van der Waals surface area (Å²) in [6.45, 7) is 5.83. The third-order valence-electron chi connectivity index (χ3n) is 4.42. The van der Waals surface area contributed by atoms with Crippen LogP contribution in [0.1, 0.15) is 12.0 Å². The first-order chi connectivity index (χ1) is 9.26. The van der Waals surface area contributed by atoms with Crippen molar-refractivity contribution >= 4 is 28.3 Å². The largest absolute Gasteiger partial charge is 0.496 e. The molecule has 5 heteroatoms. The van der Waals surface area contributed by atoms with E-state index in [4.69, 9.17) is 4.74 Å². The van der Waals surface area contributed by atoms with E-state index in [0.29, 0.717) is 0 Å². The Labute approximate surface area is 135 Å². The maximum atomic E-state index is 5.47. The van der Waals surface area contributed by atoms with Crippen molar-refractivity contribution in [2.45, 2.75) is 13.0 Å². The molecule has 0 amide bonds. The first kappa shape index (κ1) is 16.1. The van der Waals surface area contributed by atoms with Crippen molar-refractivity contribution in [2.75, 3.05) is 33.3 Å². The van der Waals surface area contributed by atoms with E-state index < -0.39 is 0 Å². The van der Waals surface area contributed by atoms with Crippen LogP contribution in [0.4, 0.5) is 0 Å². The summed E-state index contributed by atoms with van der Waals surface area (Å²) in [5.74, 6) is 2.74. The highest BCUT2D eigenvalue weighted by Gasteiger charge is 2.32. The Morgan fingerprint density at radius 1 is 1.35 bits per heavy atom. The zero-order valence-corrected chi connectivity index (χ0v) is 14.2. The van der Waals surface area contributed by atoms with Gasteiger partial charge in [0.1, 0.15) is 5.75 Å². The van der Waals surface area contributed by atoms with Crippen LogP contribution in [-0.4, -0.2) is 38.2 Å². The Hall–Kier alpha value is -0.290. The molecular weight excluding hydrogens is 340 g/mol. The van der Waals surface area contributed by atoms with Gasteiger partial charge in [-0.15, -0.1) is 12.4 Å². The Balaban J connectivity index is 0.00000147. The minimum atomic E-state index is 0. The van der Waals surface area contributed by atoms with Gasteiger partial charge >= 0.3 is 0 Å². The van der Waals surface area contributed by atoms with Crippen LogP contribution in [0.2, 0.25) is 0 Å². The predicted molar refractivity (Wildman–Crippen MR) is 87.7 cm³/mol. The lowest BCUT2D eigenvalue weighted by atomic mass is 9.88. The third-order valence-corrected chi connectivity index (χ3v) is 4.92. The highest BCUT2D eigenvalue weighted by Crippen LogP contribution is 2.30. The van der Waals surface area contributed by atoms with Crippen LogP contribution in [0.25, 0.3) is 0 Å². The average Bonchev–Trinajstić information content (AvgIpc) is 2.86. The quantitative estimate of drug-likeness (QED) is 0.896. The van der Waals surface area contributed by atoms with Gasteiger partial charge in [-0.05, 0) is 56.1 Å². The molecule has 1 N–H and O–H groups in total. The molecule has 2 aliphatic rings. The fraction of sp³-hybridized carbons (Fsp3) is 0.600. The summed E-state index contributed by atoms with van der Waals surface area (Å²) in [4.78, 5) is 2.57. The summed E-state index contributed by atoms with van der Waals surface area (Å²) in [6, 6.07) is 6.26. The lowest BCUT2D eigenvalue weighted by Gasteiger charge is -2.34. The summed E-state index contributed by atoms with van der Waals surface area (Å²) < 4.78 is 6.59. The van der Waals surface area contributed by atoms with Crippen LogP contribution in [0.5, 0.6) is 5.75 Å². The molecule has 2 saturated heterocycles. The zero-order valence-electron chi connectivity index (χ0n) is 11.8. The minimum Gasteiger partial charge on any atom is -0.496 e. The number of methoxy groups -OCH3 is 1. The molecule has 2 unspecified atom stereocenters. The highest BCUT2D eigenvalue weighted by atomic mass is 79.9. The lowest BCUT2D eigenvalue weighted by Crippen LogP contribution is -2.39. The molecule has 2 heterocycles. The summed E-state index contributed by atoms with van der Waals surface area (Å²) >= 11 is 3.55. The number of fused-ring (bicyclic) bond motifs is 1. The van der Waals surface area contributed by atoms with E-state index in [1.54, 1.807) is 7.11 Å². The van der Waals surface area contributed by atoms with Crippen molar-refractivity contribution in [3.63, 3.8) is 0 Å². The molecule has 1 aromatic carbocycles. The van der Waals surface area contributed by atoms with Gasteiger partial charge in [0.2, 0.25) is 0 Å². The van der Waals surface area contributed by atoms with Gasteiger partial charge in [-0.1, -0.05) is 15.9 Å². The maximum absolute atomic E-state index is 5.47. The van der Waals surface area contributed by atoms with E-state index in [1.807, 2.05) is 12.1 Å². The van der Waals surface area contributed by atoms with Gasteiger partial charge in [0.15, 0.2) is 0 Å². The number of ether oxygens (including phenoxy) is 1. The molecule has 0 aliphatic carbocycles. The lowest BCUT2D eigenvalue weighted by molar-refractivity contribution is 0.141. The smallest absolute Gasteiger partial charge is 0.123 e. The van der Waals surface area contributed by atoms with E-state index in [-0.39, 0.29) is 12.4 Å². The van der Waals surface area contributed by atoms with Gasteiger partial charge in [0.05, 0.1) is 7.11 Å². The molecule has 20 heavy (non-hydrogen) atoms. The summed E-state index contributed by atoms with van der Waals surface area (Å²) in [6.07, 6.45) is 1.33. The van der Waals surface area contributed by atoms with Crippen molar-refractivity contribution in [3.8, 4) is 5.75 Å². The Kier molecular flexibility index (Phi) is 5.73. The number of hydrogen-bond acceptors (Lipinski definition) is 3. The number of nitrogens with one attached hydrogen (secondary N) is 1. The van der Waals surface area contributed by atoms with Gasteiger partial charge in [-0.2, -0.15) is 0 Å². The second kappa shape index (κ2) is 7.12. The van der Waals surface area contributed by atoms with Crippen molar-refractivity contribution in [2.24, 2.45) is 11.8 Å². The third kappa shape index (κ3) is 3.48. The summed E-state index contributed by atoms with van der Waals surface area (Å²) in [5, 5.41) is 3.52. The molecule has 1 aromatic rings. The molecule has 2 aliphatic heterocycles. The number of piperidine rings is 1. The number of benzene rings is 1. The SMILES string of the molecule is COc1ccc(Br)cc1CN1CCC2CNCC2C1.Cl. The molecule has 2 atom stereocenters. The molecule has 3 rings (SSSR count). The first-order valence-corrected chi connectivity index (χ1v) is 7.81. The van der Waals surface area contributed by atoms with Crippen LogP contribution in [0, 0.1) is 11.8 Å². The van der Waals surface area contributed by atoms with Crippen LogP contribution < -0.4 is 10.1 Å². The van der Waals surface area contributed by atoms with Gasteiger partial charge in [-0.3, -0.25) is 4.90 Å². The van der Waals surface area contributed by atoms with Crippen molar-refractivity contribution in [3.05, 3.63) is 28.2 Å². The van der Waals surface area contributed by atoms with Crippen LogP contribution in [0.3, 0.4) is 0 Å². The predicted octanol–water partition coefficient (Wildman–Crippen LogP) is 2.92. The first-order valence-electron chi connectivity index (χ1n) is 7.02. The van der Waals surface area contributed by atoms with E-state index in [0.717, 1.165) is 28.6 Å². The number of likely N-dealkylation sites (tertiary alicyclic amines) is 1. The number of hydrogen-bond donors (Lipinski definition) is 1. The van der Waals surface area contributed by atoms with Gasteiger partial charge < -0.3 is 10.1 Å². The summed E-state index contributed by atoms with van der Waals surface area (Å²) in [5.41, 5.74) is 1.28. The van der Waals surface area contributed by atoms with Gasteiger partial charge in [-0.25, -0.2) is 0 Å². The fourth-order valence-corrected chi connectivity index (χ4v) is 3.77. The topological polar surface area (TPSA) is 24.5 Å². The van der Waals surface area contributed by atoms with E-state index in [1.165, 1.54) is 38.2 Å². The van der Waals surface area contributed by atoms with E-state index in [9.17, 15) is 0 Å². The van der Waals surface area contributed by atoms with Crippen molar-refractivity contribution < 1.29 is 4.74 Å². The molecule has 0 aromatic heterocycles. The van der Waals surface area contributed by atoms with E-state index >= 15 is 0 Å². The second-order valence-corrected chi connectivity index (χ2v) is 6.57. The van der Waals surface area contributed by atoms with Crippen molar-refractivity contribution in [1.29, 1.82) is 0 Å². The molecule has 112 valence electrons. The molecule has 0 radical (unpaired) electrons. The van der Waals surface area contributed by atoms with E-state index in [2.05, 4.69) is 32.2 Å². The minimum absolute atomic E-state index is 0. The monoisotopic (exact) mass is 360 g/mol. The zero-order chi connectivity index (χ0) is 13.2. The molecule has 2 fully saturated rings. The Bertz CT molecular complexity index is 457. The molecule has 0 spiro atoms. The standard InChI is InChI=1S/C15H21BrN2O.ClH/c1-19-15-3-2-14(16)6-12(15)9-18-5-4-11-7-17-8-13(11)10-18;/h2-3,6,11,13,17H,4-5,7-10H2,1H3;1H. The Morgan fingerprint density at radius 2 is 2.15 bits per heavy atom. The molecular formula is C15H22BrClN2O. The average molecular weight is 362 g/mol. The van der Waals surface area contributed by atoms with Crippen LogP contribution >= 0.6 is 28.3 Å². The van der Waals surface area contributed by atoms with Gasteiger partial charge in [0, 0.05) is 23.1 Å². The number of rotatable bonds is 3. The second-order valence-electron chi connectivity index (χ2n) is 5.66. The van der Waals surface area contributed by atoms with Crippen molar-refractivity contribution in [1.82, 2.24) is 10.2 Å². The normalized spacial score (nSPS) is 25.9. The molecule has 3 nitrogen and oxygen atoms in total. The molecule has 0 bridgehead atoms. The number of halogens is 2.